The van der Waals surface area contributed by atoms with Crippen molar-refractivity contribution < 1.29 is 9.90 Å². The molecule has 0 bridgehead atoms. The van der Waals surface area contributed by atoms with Crippen molar-refractivity contribution in [2.24, 2.45) is 0 Å². The van der Waals surface area contributed by atoms with E-state index in [-0.39, 0.29) is 19.1 Å². The summed E-state index contributed by atoms with van der Waals surface area (Å²) in [6.07, 6.45) is 4.25. The number of unbranched alkanes of at least 4 members (excludes halogenated alkanes) is 1. The highest BCUT2D eigenvalue weighted by molar-refractivity contribution is 6.30. The van der Waals surface area contributed by atoms with Crippen LogP contribution in [-0.4, -0.2) is 67.6 Å². The second kappa shape index (κ2) is 17.7. The molecule has 1 rings (SSSR count). The van der Waals surface area contributed by atoms with Gasteiger partial charge in [-0.1, -0.05) is 44.0 Å². The van der Waals surface area contributed by atoms with Crippen LogP contribution in [0, 0.1) is 16.9 Å². The van der Waals surface area contributed by atoms with Crippen molar-refractivity contribution in [1.82, 2.24) is 20.9 Å². The smallest absolute Gasteiger partial charge is 0.222 e. The van der Waals surface area contributed by atoms with Crippen LogP contribution >= 0.6 is 11.6 Å². The van der Waals surface area contributed by atoms with Crippen LogP contribution in [0.5, 0.6) is 0 Å². The Morgan fingerprint density at radius 2 is 1.93 bits per heavy atom. The number of aliphatic hydroxyl groups excluding tert-OH is 1. The van der Waals surface area contributed by atoms with Gasteiger partial charge >= 0.3 is 0 Å². The van der Waals surface area contributed by atoms with E-state index < -0.39 is 6.04 Å². The van der Waals surface area contributed by atoms with Gasteiger partial charge in [-0.05, 0) is 30.7 Å². The Labute approximate surface area is 185 Å². The first-order valence-corrected chi connectivity index (χ1v) is 10.6. The first-order valence-electron chi connectivity index (χ1n) is 10.2. The van der Waals surface area contributed by atoms with Gasteiger partial charge in [0.1, 0.15) is 0 Å². The van der Waals surface area contributed by atoms with Gasteiger partial charge in [0.05, 0.1) is 18.4 Å². The van der Waals surface area contributed by atoms with Crippen molar-refractivity contribution in [2.75, 3.05) is 40.0 Å². The van der Waals surface area contributed by atoms with E-state index in [1.807, 2.05) is 0 Å². The Morgan fingerprint density at radius 1 is 1.30 bits per heavy atom. The third kappa shape index (κ3) is 11.1. The summed E-state index contributed by atoms with van der Waals surface area (Å²) >= 11 is 5.94. The van der Waals surface area contributed by atoms with E-state index in [0.717, 1.165) is 19.4 Å². The van der Waals surface area contributed by atoms with Gasteiger partial charge in [-0.15, -0.1) is 0 Å². The molecule has 5 N–H and O–H groups in total. The molecule has 9 heteroatoms. The predicted octanol–water partition coefficient (Wildman–Crippen LogP) is 1.93. The molecule has 1 amide bonds. The molecular weight excluding hydrogens is 404 g/mol. The lowest BCUT2D eigenvalue weighted by Crippen LogP contribution is -2.52. The maximum atomic E-state index is 12.4. The zero-order valence-corrected chi connectivity index (χ0v) is 18.9. The number of benzene rings is 1. The average molecular weight is 439 g/mol. The van der Waals surface area contributed by atoms with Crippen LogP contribution in [-0.2, 0) is 4.79 Å². The summed E-state index contributed by atoms with van der Waals surface area (Å²) in [6.45, 7) is 5.97. The molecule has 8 nitrogen and oxygen atoms in total. The number of carbonyl (C=O) groups is 1. The number of nitrogens with zero attached hydrogens (tertiary/aromatic N) is 2. The second-order valence-electron chi connectivity index (χ2n) is 6.45. The summed E-state index contributed by atoms with van der Waals surface area (Å²) in [5.74, 6) is -0.0801. The Bertz CT molecular complexity index is 648. The fourth-order valence-corrected chi connectivity index (χ4v) is 2.77. The average Bonchev–Trinajstić information content (AvgIpc) is 2.77. The van der Waals surface area contributed by atoms with Crippen molar-refractivity contribution in [3.05, 3.63) is 34.9 Å². The molecule has 1 aromatic carbocycles. The zero-order chi connectivity index (χ0) is 22.8. The topological polar surface area (TPSA) is 124 Å². The molecule has 1 atom stereocenters. The lowest BCUT2D eigenvalue weighted by Gasteiger charge is -2.32. The van der Waals surface area contributed by atoms with Gasteiger partial charge < -0.3 is 31.4 Å². The van der Waals surface area contributed by atoms with Crippen LogP contribution in [0.1, 0.15) is 38.7 Å². The van der Waals surface area contributed by atoms with E-state index in [2.05, 4.69) is 22.9 Å². The van der Waals surface area contributed by atoms with Gasteiger partial charge in [-0.2, -0.15) is 5.26 Å². The Balaban J connectivity index is 0.00000192. The third-order valence-corrected chi connectivity index (χ3v) is 4.49. The monoisotopic (exact) mass is 438 g/mol. The van der Waals surface area contributed by atoms with Crippen LogP contribution in [0.15, 0.2) is 24.3 Å². The van der Waals surface area contributed by atoms with Crippen molar-refractivity contribution in [3.8, 4) is 6.19 Å². The molecule has 0 aromatic heterocycles. The fraction of sp³-hybridized carbons (Fsp3) is 0.571. The summed E-state index contributed by atoms with van der Waals surface area (Å²) in [6, 6.07) is 6.58. The molecule has 0 saturated carbocycles. The van der Waals surface area contributed by atoms with Crippen molar-refractivity contribution >= 4 is 23.2 Å². The molecule has 0 saturated heterocycles. The van der Waals surface area contributed by atoms with E-state index in [1.165, 1.54) is 0 Å². The SMILES string of the molecule is CCCCNCNCC(C(=N)c1ccc(Cl)cc1)N(CCO)C(=O)CC.CNC#N. The van der Waals surface area contributed by atoms with E-state index in [1.54, 1.807) is 49.3 Å². The molecule has 0 radical (unpaired) electrons. The maximum absolute atomic E-state index is 12.4. The van der Waals surface area contributed by atoms with Gasteiger partial charge in [-0.3, -0.25) is 4.79 Å². The molecule has 0 fully saturated rings. The number of amides is 1. The third-order valence-electron chi connectivity index (χ3n) is 4.23. The molecule has 0 aliphatic heterocycles. The number of nitriles is 1. The highest BCUT2D eigenvalue weighted by atomic mass is 35.5. The minimum atomic E-state index is -0.455. The van der Waals surface area contributed by atoms with Gasteiger partial charge in [0.2, 0.25) is 5.91 Å². The van der Waals surface area contributed by atoms with Crippen LogP contribution < -0.4 is 16.0 Å². The zero-order valence-electron chi connectivity index (χ0n) is 18.2. The van der Waals surface area contributed by atoms with Crippen molar-refractivity contribution in [3.63, 3.8) is 0 Å². The van der Waals surface area contributed by atoms with E-state index in [9.17, 15) is 9.90 Å². The van der Waals surface area contributed by atoms with Gasteiger partial charge in [0.15, 0.2) is 6.19 Å². The van der Waals surface area contributed by atoms with E-state index >= 15 is 0 Å². The Kier molecular flexibility index (Phi) is 16.4. The lowest BCUT2D eigenvalue weighted by atomic mass is 10.0. The summed E-state index contributed by atoms with van der Waals surface area (Å²) in [7, 11) is 1.57. The summed E-state index contributed by atoms with van der Waals surface area (Å²) in [4.78, 5) is 13.9. The summed E-state index contributed by atoms with van der Waals surface area (Å²) in [5, 5.41) is 34.9. The molecule has 1 unspecified atom stereocenters. The van der Waals surface area contributed by atoms with Crippen molar-refractivity contribution in [1.29, 1.82) is 10.7 Å². The molecule has 0 aliphatic carbocycles. The first kappa shape index (κ1) is 27.8. The maximum Gasteiger partial charge on any atom is 0.222 e. The molecule has 1 aromatic rings. The molecule has 0 aliphatic rings. The number of aliphatic hydroxyl groups is 1. The first-order chi connectivity index (χ1) is 14.5. The minimum absolute atomic E-state index is 0.0801. The van der Waals surface area contributed by atoms with Crippen LogP contribution in [0.3, 0.4) is 0 Å². The van der Waals surface area contributed by atoms with E-state index in [0.29, 0.717) is 35.9 Å². The Hall–Kier alpha value is -2.18. The van der Waals surface area contributed by atoms with Gasteiger partial charge in [-0.25, -0.2) is 0 Å². The van der Waals surface area contributed by atoms with Crippen LogP contribution in [0.4, 0.5) is 0 Å². The molecule has 30 heavy (non-hydrogen) atoms. The van der Waals surface area contributed by atoms with Gasteiger partial charge in [0, 0.05) is 38.2 Å². The normalized spacial score (nSPS) is 10.9. The van der Waals surface area contributed by atoms with Crippen LogP contribution in [0.25, 0.3) is 0 Å². The highest BCUT2D eigenvalue weighted by Gasteiger charge is 2.26. The number of rotatable bonds is 13. The predicted molar refractivity (Wildman–Crippen MR) is 122 cm³/mol. The number of halogens is 1. The molecule has 0 spiro atoms. The van der Waals surface area contributed by atoms with E-state index in [4.69, 9.17) is 22.3 Å². The number of carbonyl (C=O) groups excluding carboxylic acids is 1. The number of hydrogen-bond donors (Lipinski definition) is 5. The number of hydrogen-bond acceptors (Lipinski definition) is 7. The molecule has 168 valence electrons. The lowest BCUT2D eigenvalue weighted by molar-refractivity contribution is -0.132. The number of nitrogens with one attached hydrogen (secondary N) is 4. The Morgan fingerprint density at radius 3 is 2.43 bits per heavy atom. The quantitative estimate of drug-likeness (QED) is 0.105. The fourth-order valence-electron chi connectivity index (χ4n) is 2.64. The highest BCUT2D eigenvalue weighted by Crippen LogP contribution is 2.14. The standard InChI is InChI=1S/C19H31ClN4O2.C2H4N2/c1-3-5-10-22-14-23-13-17(24(11-12-25)18(26)4-2)19(21)15-6-8-16(20)9-7-15;1-4-2-3/h6-9,17,21-23,25H,3-5,10-14H2,1-2H3;4H,1H3. The molecule has 0 heterocycles. The van der Waals surface area contributed by atoms with Crippen molar-refractivity contribution in [2.45, 2.75) is 39.2 Å². The second-order valence-corrected chi connectivity index (χ2v) is 6.88. The van der Waals surface area contributed by atoms with Crippen LogP contribution in [0.2, 0.25) is 5.02 Å². The van der Waals surface area contributed by atoms with Gasteiger partial charge in [0.25, 0.3) is 0 Å². The minimum Gasteiger partial charge on any atom is -0.395 e. The summed E-state index contributed by atoms with van der Waals surface area (Å²) in [5.41, 5.74) is 1.05. The largest absolute Gasteiger partial charge is 0.395 e. The molecular formula is C21H35ClN6O2. The summed E-state index contributed by atoms with van der Waals surface area (Å²) < 4.78 is 0.